The Balaban J connectivity index is 1.75. The highest BCUT2D eigenvalue weighted by molar-refractivity contribution is 6.30. The van der Waals surface area contributed by atoms with Crippen molar-refractivity contribution in [3.63, 3.8) is 0 Å². The molecule has 0 radical (unpaired) electrons. The average molecular weight is 364 g/mol. The molecule has 2 aromatic heterocycles. The summed E-state index contributed by atoms with van der Waals surface area (Å²) in [6.07, 6.45) is 4.06. The minimum Gasteiger partial charge on any atom is -0.333 e. The molecule has 5 rings (SSSR count). The summed E-state index contributed by atoms with van der Waals surface area (Å²) >= 11 is 6.05. The van der Waals surface area contributed by atoms with Gasteiger partial charge >= 0.3 is 0 Å². The highest BCUT2D eigenvalue weighted by atomic mass is 35.5. The van der Waals surface area contributed by atoms with Crippen LogP contribution >= 0.6 is 11.6 Å². The quantitative estimate of drug-likeness (QED) is 0.663. The molecule has 2 aliphatic rings. The Labute approximate surface area is 154 Å². The molecule has 0 spiro atoms. The second-order valence-electron chi connectivity index (χ2n) is 6.23. The molecular weight excluding hydrogens is 350 g/mol. The minimum absolute atomic E-state index is 0.0662. The first-order valence-electron chi connectivity index (χ1n) is 8.37. The van der Waals surface area contributed by atoms with Crippen molar-refractivity contribution in [2.45, 2.75) is 13.0 Å². The fourth-order valence-electron chi connectivity index (χ4n) is 3.63. The van der Waals surface area contributed by atoms with Gasteiger partial charge in [0.05, 0.1) is 11.0 Å². The Bertz CT molecular complexity index is 1100. The normalized spacial score (nSPS) is 16.3. The summed E-state index contributed by atoms with van der Waals surface area (Å²) in [5.41, 5.74) is 4.19. The molecule has 1 aromatic carbocycles. The number of fused-ring (bicyclic) bond motifs is 3. The Morgan fingerprint density at radius 3 is 2.69 bits per heavy atom. The van der Waals surface area contributed by atoms with E-state index in [-0.39, 0.29) is 5.91 Å². The van der Waals surface area contributed by atoms with Crippen molar-refractivity contribution in [1.29, 1.82) is 0 Å². The number of hydrogen-bond acceptors (Lipinski definition) is 4. The lowest BCUT2D eigenvalue weighted by atomic mass is 10.0. The van der Waals surface area contributed by atoms with Crippen molar-refractivity contribution in [2.75, 3.05) is 6.54 Å². The van der Waals surface area contributed by atoms with E-state index in [2.05, 4.69) is 19.8 Å². The van der Waals surface area contributed by atoms with E-state index in [0.29, 0.717) is 36.1 Å². The van der Waals surface area contributed by atoms with E-state index >= 15 is 0 Å². The van der Waals surface area contributed by atoms with Crippen molar-refractivity contribution in [2.24, 2.45) is 10.2 Å². The molecular formula is C19H14ClN5O. The third-order valence-electron chi connectivity index (χ3n) is 4.79. The number of amidine groups is 1. The van der Waals surface area contributed by atoms with Crippen LogP contribution in [0.4, 0.5) is 0 Å². The largest absolute Gasteiger partial charge is 0.333 e. The molecule has 7 heteroatoms. The molecule has 0 saturated heterocycles. The third-order valence-corrected chi connectivity index (χ3v) is 5.04. The van der Waals surface area contributed by atoms with Gasteiger partial charge < -0.3 is 4.57 Å². The average Bonchev–Trinajstić information content (AvgIpc) is 3.30. The summed E-state index contributed by atoms with van der Waals surface area (Å²) < 4.78 is 2.06. The molecule has 0 fully saturated rings. The van der Waals surface area contributed by atoms with Gasteiger partial charge in [-0.3, -0.25) is 14.7 Å². The van der Waals surface area contributed by atoms with Crippen molar-refractivity contribution in [1.82, 2.24) is 14.5 Å². The Morgan fingerprint density at radius 1 is 1.08 bits per heavy atom. The molecule has 128 valence electrons. The predicted molar refractivity (Wildman–Crippen MR) is 102 cm³/mol. The number of rotatable bonds is 1. The van der Waals surface area contributed by atoms with Crippen LogP contribution in [0.1, 0.15) is 16.9 Å². The van der Waals surface area contributed by atoms with Crippen LogP contribution < -0.4 is 0 Å². The van der Waals surface area contributed by atoms with Crippen LogP contribution in [0.3, 0.4) is 0 Å². The van der Waals surface area contributed by atoms with E-state index in [4.69, 9.17) is 11.6 Å². The fraction of sp³-hybridized carbons (Fsp3) is 0.158. The van der Waals surface area contributed by atoms with Gasteiger partial charge in [-0.2, -0.15) is 5.10 Å². The summed E-state index contributed by atoms with van der Waals surface area (Å²) in [5.74, 6) is 0.630. The molecule has 26 heavy (non-hydrogen) atoms. The Hall–Kier alpha value is -2.99. The van der Waals surface area contributed by atoms with Gasteiger partial charge in [-0.15, -0.1) is 5.10 Å². The SMILES string of the molecule is O=C1c2c(-c3ccc(Cl)cc3)c3ncccc3n2CCN1C1=NN=CC1. The number of aromatic nitrogens is 2. The number of nitrogens with zero attached hydrogens (tertiary/aromatic N) is 5. The maximum Gasteiger partial charge on any atom is 0.276 e. The van der Waals surface area contributed by atoms with E-state index in [1.165, 1.54) is 0 Å². The molecule has 2 aliphatic heterocycles. The Kier molecular flexibility index (Phi) is 3.39. The second-order valence-corrected chi connectivity index (χ2v) is 6.66. The highest BCUT2D eigenvalue weighted by Crippen LogP contribution is 2.36. The highest BCUT2D eigenvalue weighted by Gasteiger charge is 2.34. The van der Waals surface area contributed by atoms with Gasteiger partial charge in [0.15, 0.2) is 0 Å². The van der Waals surface area contributed by atoms with E-state index in [0.717, 1.165) is 22.2 Å². The molecule has 0 atom stereocenters. The zero-order valence-electron chi connectivity index (χ0n) is 13.8. The molecule has 0 unspecified atom stereocenters. The van der Waals surface area contributed by atoms with E-state index in [1.54, 1.807) is 17.3 Å². The smallest absolute Gasteiger partial charge is 0.276 e. The lowest BCUT2D eigenvalue weighted by Gasteiger charge is -2.28. The van der Waals surface area contributed by atoms with Crippen LogP contribution in [0.5, 0.6) is 0 Å². The number of pyridine rings is 1. The summed E-state index contributed by atoms with van der Waals surface area (Å²) in [5, 5.41) is 8.66. The first kappa shape index (κ1) is 15.3. The lowest BCUT2D eigenvalue weighted by Crippen LogP contribution is -2.43. The second kappa shape index (κ2) is 5.78. The molecule has 0 aliphatic carbocycles. The van der Waals surface area contributed by atoms with Crippen molar-refractivity contribution in [3.05, 3.63) is 53.3 Å². The van der Waals surface area contributed by atoms with Crippen molar-refractivity contribution in [3.8, 4) is 11.1 Å². The van der Waals surface area contributed by atoms with Crippen molar-refractivity contribution >= 4 is 40.6 Å². The topological polar surface area (TPSA) is 62.9 Å². The molecule has 4 heterocycles. The number of amides is 1. The van der Waals surface area contributed by atoms with Crippen LogP contribution in [-0.4, -0.2) is 39.0 Å². The number of benzene rings is 1. The number of halogens is 1. The maximum absolute atomic E-state index is 13.3. The van der Waals surface area contributed by atoms with Gasteiger partial charge in [-0.1, -0.05) is 23.7 Å². The monoisotopic (exact) mass is 363 g/mol. The molecule has 0 bridgehead atoms. The summed E-state index contributed by atoms with van der Waals surface area (Å²) in [7, 11) is 0. The van der Waals surface area contributed by atoms with Crippen LogP contribution in [-0.2, 0) is 6.54 Å². The first-order chi connectivity index (χ1) is 12.7. The van der Waals surface area contributed by atoms with Gasteiger partial charge in [0.2, 0.25) is 0 Å². The zero-order chi connectivity index (χ0) is 17.7. The summed E-state index contributed by atoms with van der Waals surface area (Å²) in [4.78, 5) is 19.6. The van der Waals surface area contributed by atoms with Gasteiger partial charge in [0.25, 0.3) is 5.91 Å². The molecule has 0 N–H and O–H groups in total. The summed E-state index contributed by atoms with van der Waals surface area (Å²) in [6.45, 7) is 1.27. The number of hydrogen-bond donors (Lipinski definition) is 0. The molecule has 0 saturated carbocycles. The van der Waals surface area contributed by atoms with Gasteiger partial charge in [-0.25, -0.2) is 0 Å². The van der Waals surface area contributed by atoms with Crippen LogP contribution in [0, 0.1) is 0 Å². The van der Waals surface area contributed by atoms with Gasteiger partial charge in [0, 0.05) is 42.5 Å². The Morgan fingerprint density at radius 2 is 1.92 bits per heavy atom. The predicted octanol–water partition coefficient (Wildman–Crippen LogP) is 3.60. The molecule has 6 nitrogen and oxygen atoms in total. The van der Waals surface area contributed by atoms with Crippen molar-refractivity contribution < 1.29 is 4.79 Å². The first-order valence-corrected chi connectivity index (χ1v) is 8.75. The molecule has 1 amide bonds. The van der Waals surface area contributed by atoms with Crippen LogP contribution in [0.25, 0.3) is 22.2 Å². The third kappa shape index (κ3) is 2.19. The van der Waals surface area contributed by atoms with E-state index in [1.807, 2.05) is 36.4 Å². The number of carbonyl (C=O) groups is 1. The van der Waals surface area contributed by atoms with E-state index < -0.39 is 0 Å². The fourth-order valence-corrected chi connectivity index (χ4v) is 3.76. The van der Waals surface area contributed by atoms with E-state index in [9.17, 15) is 4.79 Å². The van der Waals surface area contributed by atoms with Crippen LogP contribution in [0.2, 0.25) is 5.02 Å². The molecule has 3 aromatic rings. The minimum atomic E-state index is -0.0662. The zero-order valence-corrected chi connectivity index (χ0v) is 14.5. The maximum atomic E-state index is 13.3. The van der Waals surface area contributed by atoms with Crippen LogP contribution in [0.15, 0.2) is 52.8 Å². The summed E-state index contributed by atoms with van der Waals surface area (Å²) in [6, 6.07) is 11.4. The van der Waals surface area contributed by atoms with Gasteiger partial charge in [-0.05, 0) is 29.8 Å². The van der Waals surface area contributed by atoms with Gasteiger partial charge in [0.1, 0.15) is 11.5 Å². The lowest BCUT2D eigenvalue weighted by molar-refractivity contribution is 0.0809. The standard InChI is InChI=1S/C19H14ClN5O/c20-13-5-3-12(4-6-13)16-17-14(2-1-8-21-17)24-10-11-25(19(26)18(16)24)15-7-9-22-23-15/h1-6,8-9H,7,10-11H2. The number of carbonyl (C=O) groups excluding carboxylic acids is 1.